The van der Waals surface area contributed by atoms with Gasteiger partial charge in [0.2, 0.25) is 5.91 Å². The van der Waals surface area contributed by atoms with Gasteiger partial charge in [0.1, 0.15) is 6.54 Å². The van der Waals surface area contributed by atoms with Gasteiger partial charge in [0.05, 0.1) is 26.2 Å². The normalized spacial score (nSPS) is 13.2. The highest BCUT2D eigenvalue weighted by molar-refractivity contribution is 6.42. The van der Waals surface area contributed by atoms with Crippen LogP contribution in [0.25, 0.3) is 0 Å². The molecular weight excluding hydrogens is 375 g/mol. The molecule has 0 radical (unpaired) electrons. The van der Waals surface area contributed by atoms with Gasteiger partial charge in [0.15, 0.2) is 0 Å². The van der Waals surface area contributed by atoms with E-state index in [1.165, 1.54) is 24.3 Å². The molecule has 0 fully saturated rings. The standard InChI is InChI=1S/C16H9Cl3N2O3/c17-10-5-4-8(6-12(10)19)20-13(22)7-21-15(23)9-2-1-3-11(18)14(9)16(21)24/h1-6H,7H2,(H,20,22). The van der Waals surface area contributed by atoms with Crippen LogP contribution in [0.3, 0.4) is 0 Å². The summed E-state index contributed by atoms with van der Waals surface area (Å²) in [6, 6.07) is 9.16. The van der Waals surface area contributed by atoms with E-state index in [4.69, 9.17) is 34.8 Å². The number of hydrogen-bond donors (Lipinski definition) is 1. The molecular formula is C16H9Cl3N2O3. The van der Waals surface area contributed by atoms with Gasteiger partial charge < -0.3 is 5.32 Å². The van der Waals surface area contributed by atoms with Crippen LogP contribution in [0.4, 0.5) is 5.69 Å². The van der Waals surface area contributed by atoms with Crippen molar-refractivity contribution in [2.24, 2.45) is 0 Å². The number of anilines is 1. The first-order chi connectivity index (χ1) is 11.4. The number of nitrogens with one attached hydrogen (secondary N) is 1. The fraction of sp³-hybridized carbons (Fsp3) is 0.0625. The summed E-state index contributed by atoms with van der Waals surface area (Å²) in [5.74, 6) is -1.69. The van der Waals surface area contributed by atoms with E-state index < -0.39 is 24.3 Å². The lowest BCUT2D eigenvalue weighted by molar-refractivity contribution is -0.116. The Morgan fingerprint density at radius 1 is 0.958 bits per heavy atom. The molecule has 0 aromatic heterocycles. The number of amides is 3. The third-order valence-electron chi connectivity index (χ3n) is 3.45. The Labute approximate surface area is 152 Å². The Morgan fingerprint density at radius 3 is 2.38 bits per heavy atom. The van der Waals surface area contributed by atoms with Crippen molar-refractivity contribution in [2.45, 2.75) is 0 Å². The zero-order valence-electron chi connectivity index (χ0n) is 12.0. The first-order valence-electron chi connectivity index (χ1n) is 6.78. The van der Waals surface area contributed by atoms with E-state index in [-0.39, 0.29) is 21.2 Å². The Morgan fingerprint density at radius 2 is 1.71 bits per heavy atom. The van der Waals surface area contributed by atoms with Crippen LogP contribution >= 0.6 is 34.8 Å². The van der Waals surface area contributed by atoms with Crippen molar-refractivity contribution in [2.75, 3.05) is 11.9 Å². The van der Waals surface area contributed by atoms with E-state index in [9.17, 15) is 14.4 Å². The molecule has 1 N–H and O–H groups in total. The fourth-order valence-corrected chi connectivity index (χ4v) is 2.91. The molecule has 8 heteroatoms. The first kappa shape index (κ1) is 16.8. The van der Waals surface area contributed by atoms with Crippen LogP contribution in [-0.2, 0) is 4.79 Å². The number of carbonyl (C=O) groups excluding carboxylic acids is 3. The maximum atomic E-state index is 12.3. The van der Waals surface area contributed by atoms with Crippen LogP contribution < -0.4 is 5.32 Å². The molecule has 0 saturated carbocycles. The lowest BCUT2D eigenvalue weighted by atomic mass is 10.1. The summed E-state index contributed by atoms with van der Waals surface area (Å²) < 4.78 is 0. The van der Waals surface area contributed by atoms with Gasteiger partial charge in [-0.15, -0.1) is 0 Å². The van der Waals surface area contributed by atoms with Crippen molar-refractivity contribution < 1.29 is 14.4 Å². The molecule has 2 aromatic carbocycles. The molecule has 5 nitrogen and oxygen atoms in total. The summed E-state index contributed by atoms with van der Waals surface area (Å²) >= 11 is 17.6. The van der Waals surface area contributed by atoms with Crippen LogP contribution in [0.5, 0.6) is 0 Å². The largest absolute Gasteiger partial charge is 0.324 e. The fourth-order valence-electron chi connectivity index (χ4n) is 2.35. The molecule has 0 bridgehead atoms. The second-order valence-electron chi connectivity index (χ2n) is 5.04. The van der Waals surface area contributed by atoms with E-state index in [0.29, 0.717) is 10.7 Å². The van der Waals surface area contributed by atoms with Gasteiger partial charge in [-0.25, -0.2) is 0 Å². The third-order valence-corrected chi connectivity index (χ3v) is 4.51. The van der Waals surface area contributed by atoms with Crippen molar-refractivity contribution >= 4 is 58.2 Å². The molecule has 1 aliphatic rings. The number of benzene rings is 2. The Bertz CT molecular complexity index is 883. The monoisotopic (exact) mass is 382 g/mol. The summed E-state index contributed by atoms with van der Waals surface area (Å²) in [7, 11) is 0. The molecule has 0 saturated heterocycles. The molecule has 3 amide bonds. The van der Waals surface area contributed by atoms with Crippen molar-refractivity contribution in [3.63, 3.8) is 0 Å². The minimum atomic E-state index is -0.593. The molecule has 1 heterocycles. The van der Waals surface area contributed by atoms with Gasteiger partial charge in [-0.3, -0.25) is 19.3 Å². The van der Waals surface area contributed by atoms with Crippen LogP contribution in [0.2, 0.25) is 15.1 Å². The van der Waals surface area contributed by atoms with E-state index >= 15 is 0 Å². The van der Waals surface area contributed by atoms with Crippen LogP contribution in [0.15, 0.2) is 36.4 Å². The highest BCUT2D eigenvalue weighted by atomic mass is 35.5. The van der Waals surface area contributed by atoms with E-state index in [0.717, 1.165) is 4.90 Å². The van der Waals surface area contributed by atoms with Gasteiger partial charge in [-0.05, 0) is 30.3 Å². The third kappa shape index (κ3) is 2.98. The van der Waals surface area contributed by atoms with Crippen LogP contribution in [-0.4, -0.2) is 29.2 Å². The van der Waals surface area contributed by atoms with E-state index in [1.807, 2.05) is 0 Å². The molecule has 24 heavy (non-hydrogen) atoms. The quantitative estimate of drug-likeness (QED) is 0.818. The van der Waals surface area contributed by atoms with Gasteiger partial charge >= 0.3 is 0 Å². The summed E-state index contributed by atoms with van der Waals surface area (Å²) in [6.07, 6.45) is 0. The number of fused-ring (bicyclic) bond motifs is 1. The Kier molecular flexibility index (Phi) is 4.49. The molecule has 0 aliphatic carbocycles. The average Bonchev–Trinajstić information content (AvgIpc) is 2.77. The molecule has 3 rings (SSSR count). The number of carbonyl (C=O) groups is 3. The number of hydrogen-bond acceptors (Lipinski definition) is 3. The molecule has 1 aliphatic heterocycles. The highest BCUT2D eigenvalue weighted by Crippen LogP contribution is 2.29. The predicted molar refractivity (Wildman–Crippen MR) is 91.9 cm³/mol. The molecule has 0 atom stereocenters. The zero-order valence-corrected chi connectivity index (χ0v) is 14.2. The Hall–Kier alpha value is -2.08. The van der Waals surface area contributed by atoms with Crippen molar-refractivity contribution in [1.82, 2.24) is 4.90 Å². The molecule has 0 spiro atoms. The average molecular weight is 384 g/mol. The maximum absolute atomic E-state index is 12.3. The summed E-state index contributed by atoms with van der Waals surface area (Å²) in [5.41, 5.74) is 0.713. The minimum absolute atomic E-state index is 0.117. The predicted octanol–water partition coefficient (Wildman–Crippen LogP) is 3.88. The Balaban J connectivity index is 1.76. The van der Waals surface area contributed by atoms with Gasteiger partial charge in [-0.2, -0.15) is 0 Å². The summed E-state index contributed by atoms with van der Waals surface area (Å²) in [5, 5.41) is 3.37. The number of rotatable bonds is 3. The molecule has 2 aromatic rings. The second kappa shape index (κ2) is 6.43. The summed E-state index contributed by atoms with van der Waals surface area (Å²) in [6.45, 7) is -0.428. The van der Waals surface area contributed by atoms with Gasteiger partial charge in [0, 0.05) is 5.69 Å². The van der Waals surface area contributed by atoms with E-state index in [2.05, 4.69) is 5.32 Å². The SMILES string of the molecule is O=C(CN1C(=O)c2cccc(Cl)c2C1=O)Nc1ccc(Cl)c(Cl)c1. The topological polar surface area (TPSA) is 66.5 Å². The minimum Gasteiger partial charge on any atom is -0.324 e. The maximum Gasteiger partial charge on any atom is 0.263 e. The molecule has 0 unspecified atom stereocenters. The van der Waals surface area contributed by atoms with E-state index in [1.54, 1.807) is 12.1 Å². The number of imide groups is 1. The van der Waals surface area contributed by atoms with Gasteiger partial charge in [-0.1, -0.05) is 40.9 Å². The highest BCUT2D eigenvalue weighted by Gasteiger charge is 2.38. The lowest BCUT2D eigenvalue weighted by Crippen LogP contribution is -2.37. The van der Waals surface area contributed by atoms with Crippen LogP contribution in [0, 0.1) is 0 Å². The lowest BCUT2D eigenvalue weighted by Gasteiger charge is -2.14. The van der Waals surface area contributed by atoms with Crippen molar-refractivity contribution in [3.8, 4) is 0 Å². The smallest absolute Gasteiger partial charge is 0.263 e. The number of nitrogens with zero attached hydrogens (tertiary/aromatic N) is 1. The van der Waals surface area contributed by atoms with Crippen molar-refractivity contribution in [1.29, 1.82) is 0 Å². The van der Waals surface area contributed by atoms with Crippen molar-refractivity contribution in [3.05, 3.63) is 62.6 Å². The molecule has 122 valence electrons. The van der Waals surface area contributed by atoms with Gasteiger partial charge in [0.25, 0.3) is 11.8 Å². The first-order valence-corrected chi connectivity index (χ1v) is 7.91. The summed E-state index contributed by atoms with van der Waals surface area (Å²) in [4.78, 5) is 37.6. The number of halogens is 3. The second-order valence-corrected chi connectivity index (χ2v) is 6.26. The zero-order chi connectivity index (χ0) is 17.4. The van der Waals surface area contributed by atoms with Crippen LogP contribution in [0.1, 0.15) is 20.7 Å².